The maximum Gasteiger partial charge on any atom is 0.338 e. The van der Waals surface area contributed by atoms with Gasteiger partial charge in [0.25, 0.3) is 0 Å². The van der Waals surface area contributed by atoms with Crippen LogP contribution in [0.3, 0.4) is 0 Å². The summed E-state index contributed by atoms with van der Waals surface area (Å²) < 4.78 is 5.20. The van der Waals surface area contributed by atoms with E-state index in [-0.39, 0.29) is 11.4 Å². The second-order valence-electron chi connectivity index (χ2n) is 4.99. The van der Waals surface area contributed by atoms with E-state index in [2.05, 4.69) is 4.99 Å². The van der Waals surface area contributed by atoms with E-state index in [1.807, 2.05) is 51.1 Å². The average molecular weight is 217 g/mol. The molecule has 0 saturated heterocycles. The van der Waals surface area contributed by atoms with Crippen molar-refractivity contribution in [2.24, 2.45) is 10.4 Å². The summed E-state index contributed by atoms with van der Waals surface area (Å²) in [4.78, 5) is 16.0. The molecule has 2 rings (SSSR count). The van der Waals surface area contributed by atoms with Crippen molar-refractivity contribution >= 4 is 11.9 Å². The van der Waals surface area contributed by atoms with E-state index in [1.54, 1.807) is 0 Å². The van der Waals surface area contributed by atoms with Crippen molar-refractivity contribution in [1.29, 1.82) is 0 Å². The number of hydrogen-bond donors (Lipinski definition) is 0. The van der Waals surface area contributed by atoms with Gasteiger partial charge in [-0.1, -0.05) is 39.0 Å². The number of hydrogen-bond acceptors (Lipinski definition) is 3. The Labute approximate surface area is 95.2 Å². The van der Waals surface area contributed by atoms with Crippen LogP contribution in [0.25, 0.3) is 0 Å². The highest BCUT2D eigenvalue weighted by atomic mass is 16.6. The van der Waals surface area contributed by atoms with E-state index in [0.717, 1.165) is 5.56 Å². The topological polar surface area (TPSA) is 38.7 Å². The largest absolute Gasteiger partial charge is 0.406 e. The van der Waals surface area contributed by atoms with Gasteiger partial charge in [0.15, 0.2) is 6.04 Å². The summed E-state index contributed by atoms with van der Waals surface area (Å²) >= 11 is 0. The molecule has 0 fully saturated rings. The highest BCUT2D eigenvalue weighted by Crippen LogP contribution is 2.28. The number of ether oxygens (including phenoxy) is 1. The second-order valence-corrected chi connectivity index (χ2v) is 4.99. The molecular formula is C13H15NO2. The number of carbonyl (C=O) groups excluding carboxylic acids is 1. The van der Waals surface area contributed by atoms with Crippen molar-refractivity contribution in [3.05, 3.63) is 35.9 Å². The van der Waals surface area contributed by atoms with Gasteiger partial charge in [-0.3, -0.25) is 0 Å². The van der Waals surface area contributed by atoms with Crippen LogP contribution in [0.1, 0.15) is 26.3 Å². The van der Waals surface area contributed by atoms with Gasteiger partial charge in [0, 0.05) is 5.56 Å². The van der Waals surface area contributed by atoms with E-state index in [9.17, 15) is 4.79 Å². The van der Waals surface area contributed by atoms with Gasteiger partial charge in [0.05, 0.1) is 0 Å². The second kappa shape index (κ2) is 3.74. The lowest BCUT2D eigenvalue weighted by molar-refractivity contribution is -0.137. The van der Waals surface area contributed by atoms with Crippen LogP contribution < -0.4 is 0 Å². The van der Waals surface area contributed by atoms with Gasteiger partial charge in [0.2, 0.25) is 5.90 Å². The van der Waals surface area contributed by atoms with Crippen molar-refractivity contribution < 1.29 is 9.53 Å². The first-order valence-electron chi connectivity index (χ1n) is 5.33. The molecule has 1 aliphatic rings. The molecule has 0 N–H and O–H groups in total. The lowest BCUT2D eigenvalue weighted by Crippen LogP contribution is -2.30. The van der Waals surface area contributed by atoms with Crippen molar-refractivity contribution in [2.45, 2.75) is 26.8 Å². The Balaban J connectivity index is 2.31. The lowest BCUT2D eigenvalue weighted by atomic mass is 9.87. The first kappa shape index (κ1) is 10.9. The van der Waals surface area contributed by atoms with E-state index < -0.39 is 6.04 Å². The smallest absolute Gasteiger partial charge is 0.338 e. The van der Waals surface area contributed by atoms with Gasteiger partial charge in [-0.25, -0.2) is 9.79 Å². The van der Waals surface area contributed by atoms with Gasteiger partial charge in [-0.15, -0.1) is 0 Å². The average Bonchev–Trinajstić information content (AvgIpc) is 2.61. The quantitative estimate of drug-likeness (QED) is 0.677. The molecule has 1 heterocycles. The number of cyclic esters (lactones) is 1. The zero-order valence-electron chi connectivity index (χ0n) is 9.73. The van der Waals surface area contributed by atoms with Crippen LogP contribution in [-0.4, -0.2) is 17.9 Å². The molecule has 0 amide bonds. The maximum absolute atomic E-state index is 11.7. The van der Waals surface area contributed by atoms with Gasteiger partial charge in [-0.05, 0) is 17.5 Å². The van der Waals surface area contributed by atoms with Gasteiger partial charge in [0.1, 0.15) is 0 Å². The number of esters is 1. The lowest BCUT2D eigenvalue weighted by Gasteiger charge is -2.20. The Hall–Kier alpha value is -1.64. The Morgan fingerprint density at radius 3 is 2.31 bits per heavy atom. The molecule has 3 nitrogen and oxygen atoms in total. The molecule has 0 saturated carbocycles. The highest BCUT2D eigenvalue weighted by molar-refractivity contribution is 6.06. The molecule has 16 heavy (non-hydrogen) atoms. The number of rotatable bonds is 1. The van der Waals surface area contributed by atoms with Crippen molar-refractivity contribution in [3.63, 3.8) is 0 Å². The minimum atomic E-state index is -0.400. The summed E-state index contributed by atoms with van der Waals surface area (Å²) in [6.07, 6.45) is 0. The zero-order chi connectivity index (χ0) is 11.8. The van der Waals surface area contributed by atoms with Crippen molar-refractivity contribution in [3.8, 4) is 0 Å². The maximum atomic E-state index is 11.7. The minimum absolute atomic E-state index is 0.201. The van der Waals surface area contributed by atoms with Crippen LogP contribution >= 0.6 is 0 Å². The zero-order valence-corrected chi connectivity index (χ0v) is 9.73. The van der Waals surface area contributed by atoms with Gasteiger partial charge >= 0.3 is 5.97 Å². The van der Waals surface area contributed by atoms with Crippen LogP contribution in [0.5, 0.6) is 0 Å². The van der Waals surface area contributed by atoms with Gasteiger partial charge in [-0.2, -0.15) is 0 Å². The Bertz CT molecular complexity index is 429. The summed E-state index contributed by atoms with van der Waals surface area (Å²) in [6, 6.07) is 9.09. The first-order chi connectivity index (χ1) is 7.48. The third-order valence-electron chi connectivity index (χ3n) is 2.51. The summed E-state index contributed by atoms with van der Waals surface area (Å²) in [5, 5.41) is 0. The number of benzene rings is 1. The van der Waals surface area contributed by atoms with Crippen molar-refractivity contribution in [2.75, 3.05) is 0 Å². The molecule has 0 aliphatic carbocycles. The fraction of sp³-hybridized carbons (Fsp3) is 0.385. The summed E-state index contributed by atoms with van der Waals surface area (Å²) in [6.45, 7) is 5.95. The predicted octanol–water partition coefficient (Wildman–Crippen LogP) is 2.40. The Kier molecular flexibility index (Phi) is 2.54. The first-order valence-corrected chi connectivity index (χ1v) is 5.33. The normalized spacial score (nSPS) is 20.6. The SMILES string of the molecule is CC(C)(C)C1N=C(c2ccccc2)OC1=O. The predicted molar refractivity (Wildman–Crippen MR) is 62.3 cm³/mol. The third-order valence-corrected chi connectivity index (χ3v) is 2.51. The summed E-state index contributed by atoms with van der Waals surface area (Å²) in [5.41, 5.74) is 0.649. The molecule has 0 radical (unpaired) electrons. The molecule has 3 heteroatoms. The molecule has 1 aromatic carbocycles. The highest BCUT2D eigenvalue weighted by Gasteiger charge is 2.38. The van der Waals surface area contributed by atoms with E-state index in [0.29, 0.717) is 5.90 Å². The molecule has 84 valence electrons. The van der Waals surface area contributed by atoms with Crippen LogP contribution in [0.15, 0.2) is 35.3 Å². The molecule has 1 aromatic rings. The number of nitrogens with zero attached hydrogens (tertiary/aromatic N) is 1. The molecule has 0 aromatic heterocycles. The molecule has 0 spiro atoms. The van der Waals surface area contributed by atoms with Crippen molar-refractivity contribution in [1.82, 2.24) is 0 Å². The van der Waals surface area contributed by atoms with E-state index in [1.165, 1.54) is 0 Å². The fourth-order valence-corrected chi connectivity index (χ4v) is 1.61. The van der Waals surface area contributed by atoms with Gasteiger partial charge < -0.3 is 4.74 Å². The number of carbonyl (C=O) groups is 1. The van der Waals surface area contributed by atoms with Crippen LogP contribution in [-0.2, 0) is 9.53 Å². The monoisotopic (exact) mass is 217 g/mol. The summed E-state index contributed by atoms with van der Waals surface area (Å²) in [7, 11) is 0. The Morgan fingerprint density at radius 1 is 1.19 bits per heavy atom. The minimum Gasteiger partial charge on any atom is -0.406 e. The Morgan fingerprint density at radius 2 is 1.81 bits per heavy atom. The van der Waals surface area contributed by atoms with Crippen LogP contribution in [0.2, 0.25) is 0 Å². The fourth-order valence-electron chi connectivity index (χ4n) is 1.61. The standard InChI is InChI=1S/C13H15NO2/c1-13(2,3)10-12(15)16-11(14-10)9-7-5-4-6-8-9/h4-8,10H,1-3H3. The molecule has 0 bridgehead atoms. The van der Waals surface area contributed by atoms with E-state index >= 15 is 0 Å². The molecular weight excluding hydrogens is 202 g/mol. The summed E-state index contributed by atoms with van der Waals surface area (Å²) in [5.74, 6) is 0.178. The molecule has 1 aliphatic heterocycles. The molecule has 1 atom stereocenters. The van der Waals surface area contributed by atoms with Crippen LogP contribution in [0.4, 0.5) is 0 Å². The van der Waals surface area contributed by atoms with E-state index in [4.69, 9.17) is 4.74 Å². The number of aliphatic imine (C=N–C) groups is 1. The van der Waals surface area contributed by atoms with Crippen LogP contribution in [0, 0.1) is 5.41 Å². The third kappa shape index (κ3) is 1.98. The molecule has 1 unspecified atom stereocenters.